The van der Waals surface area contributed by atoms with Gasteiger partial charge in [-0.3, -0.25) is 4.40 Å². The van der Waals surface area contributed by atoms with E-state index >= 15 is 0 Å². The van der Waals surface area contributed by atoms with Crippen molar-refractivity contribution in [1.82, 2.24) is 24.5 Å². The first kappa shape index (κ1) is 22.1. The lowest BCUT2D eigenvalue weighted by molar-refractivity contribution is 0.0282. The van der Waals surface area contributed by atoms with Crippen molar-refractivity contribution in [2.24, 2.45) is 0 Å². The highest BCUT2D eigenvalue weighted by Crippen LogP contribution is 2.38. The summed E-state index contributed by atoms with van der Waals surface area (Å²) >= 11 is 0. The number of nitrogens with one attached hydrogen (secondary N) is 1. The average Bonchev–Trinajstić information content (AvgIpc) is 3.37. The first-order valence-corrected chi connectivity index (χ1v) is 12.1. The van der Waals surface area contributed by atoms with Gasteiger partial charge >= 0.3 is 0 Å². The molecule has 174 valence electrons. The molecule has 6 heteroatoms. The van der Waals surface area contributed by atoms with Crippen LogP contribution in [0.1, 0.15) is 69.1 Å². The maximum Gasteiger partial charge on any atom is 0.163 e. The van der Waals surface area contributed by atoms with Crippen molar-refractivity contribution in [3.8, 4) is 11.3 Å². The van der Waals surface area contributed by atoms with Crippen LogP contribution in [0.4, 0.5) is 0 Å². The van der Waals surface area contributed by atoms with Gasteiger partial charge in [-0.05, 0) is 93.4 Å². The normalized spacial score (nSPS) is 16.5. The molecule has 1 aliphatic heterocycles. The van der Waals surface area contributed by atoms with Crippen molar-refractivity contribution in [2.45, 2.75) is 64.9 Å². The van der Waals surface area contributed by atoms with Gasteiger partial charge in [0.2, 0.25) is 0 Å². The predicted octanol–water partition coefficient (Wildman–Crippen LogP) is 5.26. The third-order valence-electron chi connectivity index (χ3n) is 6.97. The lowest BCUT2D eigenvalue weighted by atomic mass is 9.87. The highest BCUT2D eigenvalue weighted by molar-refractivity contribution is 5.92. The Bertz CT molecular complexity index is 1290. The van der Waals surface area contributed by atoms with Crippen molar-refractivity contribution in [3.05, 3.63) is 53.5 Å². The van der Waals surface area contributed by atoms with Crippen LogP contribution in [-0.2, 0) is 0 Å². The van der Waals surface area contributed by atoms with E-state index in [9.17, 15) is 5.11 Å². The Hall–Kier alpha value is -2.70. The summed E-state index contributed by atoms with van der Waals surface area (Å²) in [4.78, 5) is 6.11. The van der Waals surface area contributed by atoms with Crippen LogP contribution >= 0.6 is 0 Å². The molecule has 5 rings (SSSR count). The van der Waals surface area contributed by atoms with Crippen LogP contribution in [0.15, 0.2) is 36.8 Å². The van der Waals surface area contributed by atoms with Crippen molar-refractivity contribution in [3.63, 3.8) is 0 Å². The highest BCUT2D eigenvalue weighted by Gasteiger charge is 2.26. The Balaban J connectivity index is 1.49. The molecule has 1 fully saturated rings. The summed E-state index contributed by atoms with van der Waals surface area (Å²) in [5.41, 5.74) is 7.75. The van der Waals surface area contributed by atoms with Gasteiger partial charge in [0.25, 0.3) is 0 Å². The second kappa shape index (κ2) is 8.26. The Kier molecular flexibility index (Phi) is 5.53. The first-order valence-electron chi connectivity index (χ1n) is 12.1. The maximum absolute atomic E-state index is 10.2. The molecule has 0 aliphatic carbocycles. The fraction of sp³-hybridized carbons (Fsp3) is 0.481. The molecule has 4 aromatic rings. The topological polar surface area (TPSA) is 69.5 Å². The number of aryl methyl sites for hydroxylation is 1. The summed E-state index contributed by atoms with van der Waals surface area (Å²) in [7, 11) is 0. The number of aromatic nitrogens is 4. The SMILES string of the molecule is Cc1cc(-c2[nH]c3ccc(C4CCN(CC(C)(C)O)CC4)cc3c2C(C)C)cn2cnnc12. The van der Waals surface area contributed by atoms with Gasteiger partial charge < -0.3 is 15.0 Å². The zero-order chi connectivity index (χ0) is 23.3. The van der Waals surface area contributed by atoms with E-state index in [0.29, 0.717) is 11.8 Å². The molecule has 0 amide bonds. The number of fused-ring (bicyclic) bond motifs is 2. The van der Waals surface area contributed by atoms with Crippen LogP contribution in [0.2, 0.25) is 0 Å². The minimum Gasteiger partial charge on any atom is -0.389 e. The smallest absolute Gasteiger partial charge is 0.163 e. The van der Waals surface area contributed by atoms with Crippen LogP contribution in [-0.4, -0.2) is 54.8 Å². The summed E-state index contributed by atoms with van der Waals surface area (Å²) in [5, 5.41) is 19.8. The van der Waals surface area contributed by atoms with E-state index in [1.807, 2.05) is 18.2 Å². The van der Waals surface area contributed by atoms with E-state index in [1.54, 1.807) is 6.33 Å². The van der Waals surface area contributed by atoms with Gasteiger partial charge in [0.1, 0.15) is 6.33 Å². The maximum atomic E-state index is 10.2. The summed E-state index contributed by atoms with van der Waals surface area (Å²) in [5.74, 6) is 0.969. The number of piperidine rings is 1. The molecule has 0 saturated carbocycles. The van der Waals surface area contributed by atoms with Crippen molar-refractivity contribution >= 4 is 16.6 Å². The van der Waals surface area contributed by atoms with Crippen molar-refractivity contribution in [2.75, 3.05) is 19.6 Å². The van der Waals surface area contributed by atoms with Gasteiger partial charge in [0.15, 0.2) is 5.65 Å². The number of rotatable bonds is 5. The minimum absolute atomic E-state index is 0.398. The Morgan fingerprint density at radius 2 is 1.94 bits per heavy atom. The molecule has 0 bridgehead atoms. The fourth-order valence-corrected chi connectivity index (χ4v) is 5.52. The Morgan fingerprint density at radius 1 is 1.18 bits per heavy atom. The molecule has 1 saturated heterocycles. The lowest BCUT2D eigenvalue weighted by Crippen LogP contribution is -2.42. The molecule has 33 heavy (non-hydrogen) atoms. The second-order valence-corrected chi connectivity index (χ2v) is 10.7. The molecular weight excluding hydrogens is 410 g/mol. The number of β-amino-alcohol motifs (C(OH)–C–C–N with tert-alkyl or cyclic N) is 1. The van der Waals surface area contributed by atoms with E-state index < -0.39 is 5.60 Å². The van der Waals surface area contributed by atoms with Crippen LogP contribution in [0.25, 0.3) is 27.8 Å². The van der Waals surface area contributed by atoms with Crippen LogP contribution < -0.4 is 0 Å². The molecule has 1 aliphatic rings. The zero-order valence-corrected chi connectivity index (χ0v) is 20.4. The number of H-pyrrole nitrogens is 1. The average molecular weight is 446 g/mol. The molecule has 3 aromatic heterocycles. The zero-order valence-electron chi connectivity index (χ0n) is 20.4. The largest absolute Gasteiger partial charge is 0.389 e. The first-order chi connectivity index (χ1) is 15.7. The summed E-state index contributed by atoms with van der Waals surface area (Å²) in [6.45, 7) is 13.3. The standard InChI is InChI=1S/C27H35N5O/c1-17(2)24-22-13-20(19-8-10-31(11-9-19)15-27(4,5)33)6-7-23(22)29-25(24)21-12-18(3)26-30-28-16-32(26)14-21/h6-7,12-14,16-17,19,29,33H,8-11,15H2,1-5H3. The highest BCUT2D eigenvalue weighted by atomic mass is 16.3. The summed E-state index contributed by atoms with van der Waals surface area (Å²) < 4.78 is 2.01. The third kappa shape index (κ3) is 4.30. The molecule has 1 aromatic carbocycles. The van der Waals surface area contributed by atoms with Gasteiger partial charge in [-0.1, -0.05) is 19.9 Å². The Morgan fingerprint density at radius 3 is 2.64 bits per heavy atom. The van der Waals surface area contributed by atoms with Crippen LogP contribution in [0.5, 0.6) is 0 Å². The summed E-state index contributed by atoms with van der Waals surface area (Å²) in [6.07, 6.45) is 6.17. The Labute approximate surface area is 195 Å². The quantitative estimate of drug-likeness (QED) is 0.440. The van der Waals surface area contributed by atoms with Crippen molar-refractivity contribution < 1.29 is 5.11 Å². The fourth-order valence-electron chi connectivity index (χ4n) is 5.52. The molecule has 0 atom stereocenters. The predicted molar refractivity (Wildman–Crippen MR) is 134 cm³/mol. The van der Waals surface area contributed by atoms with E-state index in [4.69, 9.17) is 0 Å². The number of pyridine rings is 1. The van der Waals surface area contributed by atoms with Gasteiger partial charge in [-0.15, -0.1) is 10.2 Å². The number of hydrogen-bond acceptors (Lipinski definition) is 4. The van der Waals surface area contributed by atoms with E-state index in [0.717, 1.165) is 43.7 Å². The van der Waals surface area contributed by atoms with E-state index in [-0.39, 0.29) is 0 Å². The lowest BCUT2D eigenvalue weighted by Gasteiger charge is -2.35. The molecule has 0 radical (unpaired) electrons. The number of benzene rings is 1. The minimum atomic E-state index is -0.631. The number of aliphatic hydroxyl groups is 1. The number of hydrogen-bond donors (Lipinski definition) is 2. The van der Waals surface area contributed by atoms with E-state index in [1.165, 1.54) is 33.3 Å². The molecular formula is C27H35N5O. The monoisotopic (exact) mass is 445 g/mol. The number of nitrogens with zero attached hydrogens (tertiary/aromatic N) is 4. The van der Waals surface area contributed by atoms with E-state index in [2.05, 4.69) is 71.3 Å². The van der Waals surface area contributed by atoms with Crippen LogP contribution in [0.3, 0.4) is 0 Å². The molecule has 0 spiro atoms. The number of aromatic amines is 1. The number of likely N-dealkylation sites (tertiary alicyclic amines) is 1. The van der Waals surface area contributed by atoms with Gasteiger partial charge in [-0.25, -0.2) is 0 Å². The molecule has 4 heterocycles. The van der Waals surface area contributed by atoms with Crippen LogP contribution in [0, 0.1) is 6.92 Å². The third-order valence-corrected chi connectivity index (χ3v) is 6.97. The summed E-state index contributed by atoms with van der Waals surface area (Å²) in [6, 6.07) is 9.19. The molecule has 2 N–H and O–H groups in total. The van der Waals surface area contributed by atoms with Gasteiger partial charge in [0.05, 0.1) is 11.3 Å². The molecule has 0 unspecified atom stereocenters. The molecule has 6 nitrogen and oxygen atoms in total. The second-order valence-electron chi connectivity index (χ2n) is 10.7. The van der Waals surface area contributed by atoms with Gasteiger partial charge in [-0.2, -0.15) is 0 Å². The van der Waals surface area contributed by atoms with Gasteiger partial charge in [0, 0.05) is 29.2 Å². The van der Waals surface area contributed by atoms with Crippen molar-refractivity contribution in [1.29, 1.82) is 0 Å².